The third kappa shape index (κ3) is 6.49. The Labute approximate surface area is 250 Å². The normalized spacial score (nSPS) is 12.0. The molecule has 0 saturated heterocycles. The highest BCUT2D eigenvalue weighted by molar-refractivity contribution is 5.84. The molecule has 0 radical (unpaired) electrons. The van der Waals surface area contributed by atoms with Gasteiger partial charge in [0.25, 0.3) is 5.56 Å². The molecule has 220 valence electrons. The number of likely N-dealkylation sites (N-methyl/N-ethyl adjacent to an activating group) is 1. The molecule has 8 heteroatoms. The van der Waals surface area contributed by atoms with Gasteiger partial charge in [0.05, 0.1) is 30.6 Å². The van der Waals surface area contributed by atoms with E-state index in [-0.39, 0.29) is 17.9 Å². The smallest absolute Gasteiger partial charge is 0.266 e. The Morgan fingerprint density at radius 2 is 1.56 bits per heavy atom. The molecule has 0 aliphatic rings. The van der Waals surface area contributed by atoms with E-state index in [4.69, 9.17) is 9.72 Å². The van der Waals surface area contributed by atoms with Gasteiger partial charge in [-0.15, -0.1) is 0 Å². The van der Waals surface area contributed by atoms with Gasteiger partial charge in [-0.05, 0) is 74.1 Å². The SMILES string of the molecule is COc1cccc2c(=O)n(-c3ccc(F)cc3)c(C(C)N(CCN(C)C)C(=O)Cc3ccc(-c4ccccc4)cc3)nc12. The zero-order valence-electron chi connectivity index (χ0n) is 24.8. The number of amides is 1. The molecule has 0 saturated carbocycles. The minimum atomic E-state index is -0.594. The predicted molar refractivity (Wildman–Crippen MR) is 168 cm³/mol. The van der Waals surface area contributed by atoms with Crippen molar-refractivity contribution in [3.63, 3.8) is 0 Å². The van der Waals surface area contributed by atoms with Crippen molar-refractivity contribution >= 4 is 16.8 Å². The van der Waals surface area contributed by atoms with E-state index in [2.05, 4.69) is 12.1 Å². The molecule has 0 aliphatic heterocycles. The first-order chi connectivity index (χ1) is 20.8. The molecule has 5 aromatic rings. The second-order valence-corrected chi connectivity index (χ2v) is 10.7. The molecule has 1 atom stereocenters. The number of aromatic nitrogens is 2. The van der Waals surface area contributed by atoms with Crippen molar-refractivity contribution in [3.8, 4) is 22.6 Å². The molecule has 0 bridgehead atoms. The highest BCUT2D eigenvalue weighted by Gasteiger charge is 2.27. The average Bonchev–Trinajstić information content (AvgIpc) is 3.02. The summed E-state index contributed by atoms with van der Waals surface area (Å²) in [5.74, 6) is 0.309. The minimum Gasteiger partial charge on any atom is -0.494 e. The van der Waals surface area contributed by atoms with Gasteiger partial charge in [-0.3, -0.25) is 14.2 Å². The summed E-state index contributed by atoms with van der Waals surface area (Å²) in [5.41, 5.74) is 3.61. The van der Waals surface area contributed by atoms with E-state index in [0.717, 1.165) is 16.7 Å². The van der Waals surface area contributed by atoms with E-state index >= 15 is 0 Å². The Morgan fingerprint density at radius 3 is 2.21 bits per heavy atom. The second kappa shape index (κ2) is 13.0. The lowest BCUT2D eigenvalue weighted by molar-refractivity contribution is -0.133. The van der Waals surface area contributed by atoms with Crippen LogP contribution in [-0.2, 0) is 11.2 Å². The summed E-state index contributed by atoms with van der Waals surface area (Å²) in [5, 5.41) is 0.365. The topological polar surface area (TPSA) is 67.7 Å². The summed E-state index contributed by atoms with van der Waals surface area (Å²) in [6.45, 7) is 2.90. The van der Waals surface area contributed by atoms with Gasteiger partial charge in [0.2, 0.25) is 5.91 Å². The molecule has 0 fully saturated rings. The van der Waals surface area contributed by atoms with Crippen LogP contribution >= 0.6 is 0 Å². The Balaban J connectivity index is 1.56. The van der Waals surface area contributed by atoms with Crippen LogP contribution in [0.4, 0.5) is 4.39 Å². The maximum atomic E-state index is 14.0. The van der Waals surface area contributed by atoms with E-state index in [0.29, 0.717) is 41.3 Å². The van der Waals surface area contributed by atoms with Gasteiger partial charge >= 0.3 is 0 Å². The summed E-state index contributed by atoms with van der Waals surface area (Å²) < 4.78 is 20.9. The molecule has 4 aromatic carbocycles. The molecule has 7 nitrogen and oxygen atoms in total. The first kappa shape index (κ1) is 29.7. The standard InChI is InChI=1S/C35H35FN4O3/c1-24(34-37-33-30(11-8-12-31(33)43-4)35(42)40(34)29-19-17-28(36)18-20-29)39(22-21-38(2)3)32(41)23-25-13-15-27(16-14-25)26-9-6-5-7-10-26/h5-20,24H,21-23H2,1-4H3. The molecule has 1 amide bonds. The van der Waals surface area contributed by atoms with E-state index < -0.39 is 11.9 Å². The number of carbonyl (C=O) groups excluding carboxylic acids is 1. The summed E-state index contributed by atoms with van der Waals surface area (Å²) in [6, 6.07) is 28.4. The summed E-state index contributed by atoms with van der Waals surface area (Å²) in [6.07, 6.45) is 0.185. The Morgan fingerprint density at radius 1 is 0.884 bits per heavy atom. The number of hydrogen-bond donors (Lipinski definition) is 0. The first-order valence-electron chi connectivity index (χ1n) is 14.2. The largest absolute Gasteiger partial charge is 0.494 e. The lowest BCUT2D eigenvalue weighted by atomic mass is 10.0. The van der Waals surface area contributed by atoms with Crippen LogP contribution in [0.1, 0.15) is 24.4 Å². The van der Waals surface area contributed by atoms with Crippen LogP contribution in [0, 0.1) is 5.82 Å². The van der Waals surface area contributed by atoms with Crippen LogP contribution in [0.3, 0.4) is 0 Å². The third-order valence-corrected chi connectivity index (χ3v) is 7.56. The van der Waals surface area contributed by atoms with Crippen LogP contribution in [0.5, 0.6) is 5.75 Å². The average molecular weight is 579 g/mol. The lowest BCUT2D eigenvalue weighted by Gasteiger charge is -2.31. The Kier molecular flexibility index (Phi) is 8.97. The van der Waals surface area contributed by atoms with Gasteiger partial charge in [-0.2, -0.15) is 0 Å². The van der Waals surface area contributed by atoms with Crippen LogP contribution in [0.15, 0.2) is 102 Å². The molecule has 1 heterocycles. The Bertz CT molecular complexity index is 1770. The number of methoxy groups -OCH3 is 1. The van der Waals surface area contributed by atoms with Gasteiger partial charge in [0, 0.05) is 13.1 Å². The molecule has 5 rings (SSSR count). The van der Waals surface area contributed by atoms with Crippen molar-refractivity contribution in [1.82, 2.24) is 19.4 Å². The number of ether oxygens (including phenoxy) is 1. The number of para-hydroxylation sites is 1. The first-order valence-corrected chi connectivity index (χ1v) is 14.2. The van der Waals surface area contributed by atoms with Gasteiger partial charge in [0.1, 0.15) is 22.9 Å². The number of carbonyl (C=O) groups is 1. The molecule has 0 aliphatic carbocycles. The molecule has 1 unspecified atom stereocenters. The van der Waals surface area contributed by atoms with E-state index in [9.17, 15) is 14.0 Å². The van der Waals surface area contributed by atoms with Crippen LogP contribution < -0.4 is 10.3 Å². The van der Waals surface area contributed by atoms with E-state index in [1.165, 1.54) is 23.8 Å². The van der Waals surface area contributed by atoms with Crippen molar-refractivity contribution in [3.05, 3.63) is 125 Å². The Hall–Kier alpha value is -4.82. The number of nitrogens with zero attached hydrogens (tertiary/aromatic N) is 4. The third-order valence-electron chi connectivity index (χ3n) is 7.56. The minimum absolute atomic E-state index is 0.0955. The number of halogens is 1. The fraction of sp³-hybridized carbons (Fsp3) is 0.229. The van der Waals surface area contributed by atoms with Gasteiger partial charge in [-0.1, -0.05) is 60.7 Å². The number of hydrogen-bond acceptors (Lipinski definition) is 5. The van der Waals surface area contributed by atoms with Crippen molar-refractivity contribution in [2.75, 3.05) is 34.3 Å². The van der Waals surface area contributed by atoms with Crippen molar-refractivity contribution < 1.29 is 13.9 Å². The van der Waals surface area contributed by atoms with Crippen LogP contribution in [0.25, 0.3) is 27.7 Å². The fourth-order valence-electron chi connectivity index (χ4n) is 5.19. The number of fused-ring (bicyclic) bond motifs is 1. The molecular formula is C35H35FN4O3. The van der Waals surface area contributed by atoms with Gasteiger partial charge in [-0.25, -0.2) is 9.37 Å². The number of benzene rings is 4. The lowest BCUT2D eigenvalue weighted by Crippen LogP contribution is -2.41. The maximum absolute atomic E-state index is 14.0. The summed E-state index contributed by atoms with van der Waals surface area (Å²) in [7, 11) is 5.42. The molecule has 43 heavy (non-hydrogen) atoms. The van der Waals surface area contributed by atoms with Gasteiger partial charge < -0.3 is 14.5 Å². The van der Waals surface area contributed by atoms with Crippen LogP contribution in [-0.4, -0.2) is 59.6 Å². The molecular weight excluding hydrogens is 543 g/mol. The van der Waals surface area contributed by atoms with Crippen LogP contribution in [0.2, 0.25) is 0 Å². The molecule has 0 spiro atoms. The van der Waals surface area contributed by atoms with Crippen molar-refractivity contribution in [2.24, 2.45) is 0 Å². The molecule has 1 aromatic heterocycles. The number of rotatable bonds is 10. The highest BCUT2D eigenvalue weighted by atomic mass is 19.1. The zero-order valence-corrected chi connectivity index (χ0v) is 24.8. The van der Waals surface area contributed by atoms with E-state index in [1.807, 2.05) is 68.4 Å². The van der Waals surface area contributed by atoms with Crippen molar-refractivity contribution in [2.45, 2.75) is 19.4 Å². The quantitative estimate of drug-likeness (QED) is 0.207. The maximum Gasteiger partial charge on any atom is 0.266 e. The zero-order chi connectivity index (χ0) is 30.5. The summed E-state index contributed by atoms with van der Waals surface area (Å²) >= 11 is 0. The predicted octanol–water partition coefficient (Wildman–Crippen LogP) is 5.89. The fourth-order valence-corrected chi connectivity index (χ4v) is 5.19. The second-order valence-electron chi connectivity index (χ2n) is 10.7. The molecule has 0 N–H and O–H groups in total. The monoisotopic (exact) mass is 578 g/mol. The van der Waals surface area contributed by atoms with Crippen molar-refractivity contribution in [1.29, 1.82) is 0 Å². The summed E-state index contributed by atoms with van der Waals surface area (Å²) in [4.78, 5) is 36.6. The van der Waals surface area contributed by atoms with Gasteiger partial charge in [0.15, 0.2) is 0 Å². The van der Waals surface area contributed by atoms with E-state index in [1.54, 1.807) is 35.2 Å². The highest BCUT2D eigenvalue weighted by Crippen LogP contribution is 2.28.